The number of anilines is 1. The van der Waals surface area contributed by atoms with Gasteiger partial charge in [-0.25, -0.2) is 0 Å². The highest BCUT2D eigenvalue weighted by Gasteiger charge is 2.34. The number of carbonyl (C=O) groups excluding carboxylic acids is 2. The fourth-order valence-corrected chi connectivity index (χ4v) is 4.71. The molecule has 2 amide bonds. The fourth-order valence-electron chi connectivity index (χ4n) is 3.53. The molecule has 2 aliphatic rings. The molecule has 1 N–H and O–H groups in total. The first-order valence-electron chi connectivity index (χ1n) is 8.85. The van der Waals surface area contributed by atoms with Gasteiger partial charge in [0.15, 0.2) is 0 Å². The number of amides is 2. The van der Waals surface area contributed by atoms with Crippen molar-refractivity contribution >= 4 is 29.3 Å². The smallest absolute Gasteiger partial charge is 0.248 e. The van der Waals surface area contributed by atoms with Crippen molar-refractivity contribution in [1.82, 2.24) is 4.90 Å². The Balaban J connectivity index is 1.55. The predicted molar refractivity (Wildman–Crippen MR) is 98.9 cm³/mol. The molecule has 25 heavy (non-hydrogen) atoms. The molecule has 0 radical (unpaired) electrons. The van der Waals surface area contributed by atoms with Crippen molar-refractivity contribution in [3.8, 4) is 6.07 Å². The van der Waals surface area contributed by atoms with Gasteiger partial charge in [-0.1, -0.05) is 25.7 Å². The average molecular weight is 357 g/mol. The number of nitriles is 1. The van der Waals surface area contributed by atoms with Crippen molar-refractivity contribution in [3.63, 3.8) is 0 Å². The number of carbonyl (C=O) groups is 2. The van der Waals surface area contributed by atoms with Gasteiger partial charge in [-0.3, -0.25) is 9.59 Å². The van der Waals surface area contributed by atoms with Crippen molar-refractivity contribution in [2.45, 2.75) is 44.6 Å². The molecular weight excluding hydrogens is 334 g/mol. The van der Waals surface area contributed by atoms with Crippen molar-refractivity contribution in [1.29, 1.82) is 5.26 Å². The van der Waals surface area contributed by atoms with Gasteiger partial charge in [0.05, 0.1) is 17.5 Å². The molecule has 5 nitrogen and oxygen atoms in total. The third-order valence-electron chi connectivity index (χ3n) is 5.03. The van der Waals surface area contributed by atoms with Crippen LogP contribution >= 0.6 is 11.8 Å². The van der Waals surface area contributed by atoms with Crippen LogP contribution in [0.25, 0.3) is 0 Å². The molecule has 1 saturated carbocycles. The van der Waals surface area contributed by atoms with E-state index in [1.807, 2.05) is 0 Å². The highest BCUT2D eigenvalue weighted by atomic mass is 32.2. The predicted octanol–water partition coefficient (Wildman–Crippen LogP) is 3.37. The number of hydrogen-bond acceptors (Lipinski definition) is 4. The molecule has 1 aliphatic carbocycles. The van der Waals surface area contributed by atoms with Crippen molar-refractivity contribution in [2.24, 2.45) is 5.92 Å². The standard InChI is InChI=1S/C19H23N3O2S/c20-11-15-5-8-16(9-6-15)21-19(24)17-12-25-13-22(17)18(23)10-7-14-3-1-2-4-14/h5-6,8-9,14,17H,1-4,7,10,12-13H2,(H,21,24). The molecule has 1 saturated heterocycles. The molecule has 1 aliphatic heterocycles. The van der Waals surface area contributed by atoms with Crippen LogP contribution in [0.1, 0.15) is 44.1 Å². The van der Waals surface area contributed by atoms with Gasteiger partial charge in [0.2, 0.25) is 11.8 Å². The summed E-state index contributed by atoms with van der Waals surface area (Å²) in [5, 5.41) is 11.7. The zero-order valence-corrected chi connectivity index (χ0v) is 15.1. The first-order chi connectivity index (χ1) is 12.2. The van der Waals surface area contributed by atoms with E-state index in [1.54, 1.807) is 40.9 Å². The van der Waals surface area contributed by atoms with Gasteiger partial charge in [0.25, 0.3) is 0 Å². The molecular formula is C19H23N3O2S. The molecule has 1 heterocycles. The Bertz CT molecular complexity index is 662. The number of rotatable bonds is 5. The van der Waals surface area contributed by atoms with Gasteiger partial charge in [0.1, 0.15) is 6.04 Å². The average Bonchev–Trinajstić information content (AvgIpc) is 3.32. The van der Waals surface area contributed by atoms with E-state index < -0.39 is 6.04 Å². The highest BCUT2D eigenvalue weighted by molar-refractivity contribution is 7.99. The second kappa shape index (κ2) is 8.39. The normalized spacial score (nSPS) is 20.4. The minimum absolute atomic E-state index is 0.0943. The van der Waals surface area contributed by atoms with Crippen LogP contribution in [0.5, 0.6) is 0 Å². The third kappa shape index (κ3) is 4.55. The summed E-state index contributed by atoms with van der Waals surface area (Å²) in [7, 11) is 0. The van der Waals surface area contributed by atoms with E-state index in [1.165, 1.54) is 25.7 Å². The van der Waals surface area contributed by atoms with Crippen LogP contribution in [0, 0.1) is 17.2 Å². The summed E-state index contributed by atoms with van der Waals surface area (Å²) in [4.78, 5) is 26.8. The van der Waals surface area contributed by atoms with Gasteiger partial charge in [-0.2, -0.15) is 5.26 Å². The minimum Gasteiger partial charge on any atom is -0.324 e. The SMILES string of the molecule is N#Cc1ccc(NC(=O)C2CSCN2C(=O)CCC2CCCC2)cc1. The molecule has 1 atom stereocenters. The van der Waals surface area contributed by atoms with Crippen LogP contribution in [-0.2, 0) is 9.59 Å². The molecule has 1 aromatic carbocycles. The lowest BCUT2D eigenvalue weighted by Crippen LogP contribution is -2.44. The summed E-state index contributed by atoms with van der Waals surface area (Å²) < 4.78 is 0. The summed E-state index contributed by atoms with van der Waals surface area (Å²) >= 11 is 1.62. The van der Waals surface area contributed by atoms with Crippen LogP contribution in [0.4, 0.5) is 5.69 Å². The summed E-state index contributed by atoms with van der Waals surface area (Å²) in [6.45, 7) is 0. The van der Waals surface area contributed by atoms with E-state index in [-0.39, 0.29) is 11.8 Å². The van der Waals surface area contributed by atoms with Crippen molar-refractivity contribution in [2.75, 3.05) is 16.9 Å². The largest absolute Gasteiger partial charge is 0.324 e. The summed E-state index contributed by atoms with van der Waals surface area (Å²) in [6, 6.07) is 8.41. The molecule has 2 fully saturated rings. The quantitative estimate of drug-likeness (QED) is 0.877. The maximum absolute atomic E-state index is 12.6. The van der Waals surface area contributed by atoms with Crippen LogP contribution in [0.2, 0.25) is 0 Å². The first kappa shape index (κ1) is 17.8. The van der Waals surface area contributed by atoms with E-state index in [4.69, 9.17) is 5.26 Å². The minimum atomic E-state index is -0.406. The highest BCUT2D eigenvalue weighted by Crippen LogP contribution is 2.30. The van der Waals surface area contributed by atoms with E-state index in [9.17, 15) is 9.59 Å². The zero-order valence-electron chi connectivity index (χ0n) is 14.2. The van der Waals surface area contributed by atoms with E-state index in [2.05, 4.69) is 11.4 Å². The maximum Gasteiger partial charge on any atom is 0.248 e. The summed E-state index contributed by atoms with van der Waals surface area (Å²) in [6.07, 6.45) is 6.55. The van der Waals surface area contributed by atoms with Crippen LogP contribution in [0.3, 0.4) is 0 Å². The number of nitrogens with one attached hydrogen (secondary N) is 1. The molecule has 1 aromatic rings. The third-order valence-corrected chi connectivity index (χ3v) is 6.04. The van der Waals surface area contributed by atoms with E-state index >= 15 is 0 Å². The van der Waals surface area contributed by atoms with Gasteiger partial charge in [-0.15, -0.1) is 11.8 Å². The van der Waals surface area contributed by atoms with Gasteiger partial charge in [0, 0.05) is 17.9 Å². The maximum atomic E-state index is 12.6. The van der Waals surface area contributed by atoms with Crippen LogP contribution in [0.15, 0.2) is 24.3 Å². The summed E-state index contributed by atoms with van der Waals surface area (Å²) in [5.74, 6) is 1.86. The summed E-state index contributed by atoms with van der Waals surface area (Å²) in [5.41, 5.74) is 1.21. The second-order valence-corrected chi connectivity index (χ2v) is 7.75. The van der Waals surface area contributed by atoms with Crippen LogP contribution in [-0.4, -0.2) is 34.4 Å². The zero-order chi connectivity index (χ0) is 17.6. The molecule has 0 spiro atoms. The molecule has 3 rings (SSSR count). The van der Waals surface area contributed by atoms with E-state index in [0.29, 0.717) is 35.2 Å². The van der Waals surface area contributed by atoms with Crippen molar-refractivity contribution in [3.05, 3.63) is 29.8 Å². The number of benzene rings is 1. The Kier molecular flexibility index (Phi) is 5.98. The molecule has 6 heteroatoms. The van der Waals surface area contributed by atoms with Crippen LogP contribution < -0.4 is 5.32 Å². The Hall–Kier alpha value is -2.00. The number of thioether (sulfide) groups is 1. The van der Waals surface area contributed by atoms with Gasteiger partial charge >= 0.3 is 0 Å². The molecule has 1 unspecified atom stereocenters. The molecule has 132 valence electrons. The second-order valence-electron chi connectivity index (χ2n) is 6.75. The number of nitrogens with zero attached hydrogens (tertiary/aromatic N) is 2. The first-order valence-corrected chi connectivity index (χ1v) is 10.0. The van der Waals surface area contributed by atoms with Gasteiger partial charge in [-0.05, 0) is 36.6 Å². The Morgan fingerprint density at radius 2 is 1.96 bits per heavy atom. The Morgan fingerprint density at radius 3 is 2.64 bits per heavy atom. The van der Waals surface area contributed by atoms with Crippen molar-refractivity contribution < 1.29 is 9.59 Å². The Morgan fingerprint density at radius 1 is 1.24 bits per heavy atom. The Labute approximate surface area is 152 Å². The topological polar surface area (TPSA) is 73.2 Å². The lowest BCUT2D eigenvalue weighted by atomic mass is 10.0. The molecule has 0 aromatic heterocycles. The number of hydrogen-bond donors (Lipinski definition) is 1. The lowest BCUT2D eigenvalue weighted by Gasteiger charge is -2.23. The van der Waals surface area contributed by atoms with Gasteiger partial charge < -0.3 is 10.2 Å². The lowest BCUT2D eigenvalue weighted by molar-refractivity contribution is -0.136. The monoisotopic (exact) mass is 357 g/mol. The van der Waals surface area contributed by atoms with E-state index in [0.717, 1.165) is 6.42 Å². The fraction of sp³-hybridized carbons (Fsp3) is 0.526. The molecule has 0 bridgehead atoms.